The van der Waals surface area contributed by atoms with E-state index in [0.717, 1.165) is 5.56 Å². The lowest BCUT2D eigenvalue weighted by Crippen LogP contribution is -2.39. The molecule has 0 fully saturated rings. The molecule has 4 nitrogen and oxygen atoms in total. The number of nitrogens with zero attached hydrogens (tertiary/aromatic N) is 2. The molecule has 18 heavy (non-hydrogen) atoms. The normalized spacial score (nSPS) is 10.2. The number of nitrogens with one attached hydrogen (secondary N) is 1. The molecule has 4 heteroatoms. The Kier molecular flexibility index (Phi) is 5.34. The molecule has 0 saturated carbocycles. The predicted octanol–water partition coefficient (Wildman–Crippen LogP) is 1.51. The molecular weight excluding hydrogens is 226 g/mol. The lowest BCUT2D eigenvalue weighted by atomic mass is 10.1. The highest BCUT2D eigenvalue weighted by Crippen LogP contribution is 2.02. The van der Waals surface area contributed by atoms with Crippen LogP contribution in [0.4, 0.5) is 0 Å². The second kappa shape index (κ2) is 6.77. The Morgan fingerprint density at radius 3 is 2.50 bits per heavy atom. The van der Waals surface area contributed by atoms with Crippen molar-refractivity contribution in [1.29, 1.82) is 5.26 Å². The van der Waals surface area contributed by atoms with E-state index in [1.165, 1.54) is 0 Å². The molecule has 1 aromatic rings. The molecule has 1 N–H and O–H groups in total. The van der Waals surface area contributed by atoms with E-state index in [4.69, 9.17) is 5.26 Å². The number of hydrogen-bond donors (Lipinski definition) is 1. The molecule has 0 atom stereocenters. The Hall–Kier alpha value is -1.86. The first-order valence-electron chi connectivity index (χ1n) is 6.00. The summed E-state index contributed by atoms with van der Waals surface area (Å²) in [5, 5.41) is 11.8. The van der Waals surface area contributed by atoms with Crippen molar-refractivity contribution in [3.8, 4) is 6.07 Å². The molecule has 0 bridgehead atoms. The molecule has 0 aliphatic carbocycles. The van der Waals surface area contributed by atoms with Gasteiger partial charge in [-0.15, -0.1) is 0 Å². The minimum absolute atomic E-state index is 0.0821. The third-order valence-electron chi connectivity index (χ3n) is 2.86. The Morgan fingerprint density at radius 2 is 2.00 bits per heavy atom. The molecule has 0 saturated heterocycles. The van der Waals surface area contributed by atoms with Crippen LogP contribution in [0, 0.1) is 11.3 Å². The van der Waals surface area contributed by atoms with Gasteiger partial charge in [0.15, 0.2) is 0 Å². The summed E-state index contributed by atoms with van der Waals surface area (Å²) in [6.45, 7) is 4.93. The highest BCUT2D eigenvalue weighted by Gasteiger charge is 2.10. The maximum absolute atomic E-state index is 11.7. The molecule has 96 valence electrons. The van der Waals surface area contributed by atoms with Crippen LogP contribution in [-0.4, -0.2) is 30.4 Å². The third kappa shape index (κ3) is 4.19. The van der Waals surface area contributed by atoms with Gasteiger partial charge in [0.25, 0.3) is 0 Å². The molecule has 0 aliphatic rings. The van der Waals surface area contributed by atoms with Gasteiger partial charge in [-0.2, -0.15) is 5.26 Å². The second-order valence-corrected chi connectivity index (χ2v) is 4.51. The van der Waals surface area contributed by atoms with Crippen LogP contribution in [0.3, 0.4) is 0 Å². The van der Waals surface area contributed by atoms with Gasteiger partial charge in [0.05, 0.1) is 18.2 Å². The zero-order valence-corrected chi connectivity index (χ0v) is 11.1. The van der Waals surface area contributed by atoms with E-state index < -0.39 is 0 Å². The highest BCUT2D eigenvalue weighted by molar-refractivity contribution is 5.78. The topological polar surface area (TPSA) is 56.1 Å². The molecular formula is C14H19N3O. The van der Waals surface area contributed by atoms with Gasteiger partial charge in [0.1, 0.15) is 0 Å². The van der Waals surface area contributed by atoms with Gasteiger partial charge < -0.3 is 10.2 Å². The first kappa shape index (κ1) is 14.2. The summed E-state index contributed by atoms with van der Waals surface area (Å²) < 4.78 is 0. The van der Waals surface area contributed by atoms with Gasteiger partial charge in [-0.05, 0) is 31.5 Å². The average molecular weight is 245 g/mol. The van der Waals surface area contributed by atoms with E-state index in [2.05, 4.69) is 11.4 Å². The Balaban J connectivity index is 2.37. The first-order chi connectivity index (χ1) is 8.54. The first-order valence-corrected chi connectivity index (χ1v) is 6.00. The fourth-order valence-electron chi connectivity index (χ4n) is 1.42. The summed E-state index contributed by atoms with van der Waals surface area (Å²) in [7, 11) is 1.80. The quantitative estimate of drug-likeness (QED) is 0.855. The van der Waals surface area contributed by atoms with Gasteiger partial charge in [0, 0.05) is 19.6 Å². The molecule has 0 aliphatic heterocycles. The maximum Gasteiger partial charge on any atom is 0.236 e. The largest absolute Gasteiger partial charge is 0.342 e. The van der Waals surface area contributed by atoms with Crippen molar-refractivity contribution in [2.75, 3.05) is 13.6 Å². The van der Waals surface area contributed by atoms with Gasteiger partial charge in [-0.3, -0.25) is 4.79 Å². The van der Waals surface area contributed by atoms with E-state index in [1.54, 1.807) is 24.1 Å². The Morgan fingerprint density at radius 1 is 1.39 bits per heavy atom. The number of nitriles is 1. The van der Waals surface area contributed by atoms with Gasteiger partial charge in [-0.25, -0.2) is 0 Å². The SMILES string of the molecule is CC(C)N(C)C(=O)CNCc1ccc(C#N)cc1. The maximum atomic E-state index is 11.7. The molecule has 1 aromatic carbocycles. The number of hydrogen-bond acceptors (Lipinski definition) is 3. The molecule has 0 heterocycles. The van der Waals surface area contributed by atoms with E-state index in [1.807, 2.05) is 26.0 Å². The van der Waals surface area contributed by atoms with Crippen LogP contribution in [0.2, 0.25) is 0 Å². The number of amides is 1. The van der Waals surface area contributed by atoms with E-state index >= 15 is 0 Å². The van der Waals surface area contributed by atoms with Crippen molar-refractivity contribution in [2.45, 2.75) is 26.4 Å². The third-order valence-corrected chi connectivity index (χ3v) is 2.86. The van der Waals surface area contributed by atoms with E-state index in [0.29, 0.717) is 18.7 Å². The molecule has 1 amide bonds. The van der Waals surface area contributed by atoms with Crippen LogP contribution in [0.15, 0.2) is 24.3 Å². The fourth-order valence-corrected chi connectivity index (χ4v) is 1.42. The summed E-state index contributed by atoms with van der Waals surface area (Å²) in [4.78, 5) is 13.4. The van der Waals surface area contributed by atoms with Crippen molar-refractivity contribution in [3.05, 3.63) is 35.4 Å². The van der Waals surface area contributed by atoms with Crippen molar-refractivity contribution in [2.24, 2.45) is 0 Å². The van der Waals surface area contributed by atoms with Crippen LogP contribution in [0.25, 0.3) is 0 Å². The van der Waals surface area contributed by atoms with Gasteiger partial charge in [0.2, 0.25) is 5.91 Å². The number of likely N-dealkylation sites (N-methyl/N-ethyl adjacent to an activating group) is 1. The van der Waals surface area contributed by atoms with Crippen LogP contribution < -0.4 is 5.32 Å². The van der Waals surface area contributed by atoms with Crippen molar-refractivity contribution in [1.82, 2.24) is 10.2 Å². The van der Waals surface area contributed by atoms with Crippen molar-refractivity contribution >= 4 is 5.91 Å². The van der Waals surface area contributed by atoms with E-state index in [-0.39, 0.29) is 11.9 Å². The van der Waals surface area contributed by atoms with Gasteiger partial charge in [-0.1, -0.05) is 12.1 Å². The molecule has 1 rings (SSSR count). The molecule has 0 aromatic heterocycles. The monoisotopic (exact) mass is 245 g/mol. The summed E-state index contributed by atoms with van der Waals surface area (Å²) in [6, 6.07) is 9.63. The summed E-state index contributed by atoms with van der Waals surface area (Å²) in [5.74, 6) is 0.0821. The minimum atomic E-state index is 0.0821. The Labute approximate surface area is 108 Å². The minimum Gasteiger partial charge on any atom is -0.342 e. The number of carbonyl (C=O) groups excluding carboxylic acids is 1. The predicted molar refractivity (Wildman–Crippen MR) is 70.8 cm³/mol. The summed E-state index contributed by atoms with van der Waals surface area (Å²) >= 11 is 0. The van der Waals surface area contributed by atoms with Crippen molar-refractivity contribution < 1.29 is 4.79 Å². The highest BCUT2D eigenvalue weighted by atomic mass is 16.2. The second-order valence-electron chi connectivity index (χ2n) is 4.51. The smallest absolute Gasteiger partial charge is 0.236 e. The van der Waals surface area contributed by atoms with Gasteiger partial charge >= 0.3 is 0 Å². The lowest BCUT2D eigenvalue weighted by Gasteiger charge is -2.21. The fraction of sp³-hybridized carbons (Fsp3) is 0.429. The van der Waals surface area contributed by atoms with Crippen LogP contribution in [0.5, 0.6) is 0 Å². The van der Waals surface area contributed by atoms with E-state index in [9.17, 15) is 4.79 Å². The zero-order valence-electron chi connectivity index (χ0n) is 11.1. The number of carbonyl (C=O) groups is 1. The summed E-state index contributed by atoms with van der Waals surface area (Å²) in [6.07, 6.45) is 0. The number of benzene rings is 1. The van der Waals surface area contributed by atoms with Crippen LogP contribution >= 0.6 is 0 Å². The number of rotatable bonds is 5. The lowest BCUT2D eigenvalue weighted by molar-refractivity contribution is -0.130. The molecule has 0 spiro atoms. The van der Waals surface area contributed by atoms with Crippen LogP contribution in [0.1, 0.15) is 25.0 Å². The standard InChI is InChI=1S/C14H19N3O/c1-11(2)17(3)14(18)10-16-9-13-6-4-12(8-15)5-7-13/h4-7,11,16H,9-10H2,1-3H3. The summed E-state index contributed by atoms with van der Waals surface area (Å²) in [5.41, 5.74) is 1.71. The van der Waals surface area contributed by atoms with Crippen molar-refractivity contribution in [3.63, 3.8) is 0 Å². The average Bonchev–Trinajstić information content (AvgIpc) is 2.38. The zero-order chi connectivity index (χ0) is 13.5. The molecule has 0 radical (unpaired) electrons. The van der Waals surface area contributed by atoms with Crippen LogP contribution in [-0.2, 0) is 11.3 Å². The molecule has 0 unspecified atom stereocenters. The Bertz CT molecular complexity index is 431.